The molecule has 6 heteroatoms. The minimum Gasteiger partial charge on any atom is -0.508 e. The number of nitrogens with zero attached hydrogens (tertiary/aromatic N) is 2. The van der Waals surface area contributed by atoms with E-state index in [2.05, 4.69) is 0 Å². The first-order valence-electron chi connectivity index (χ1n) is 7.89. The molecule has 1 aliphatic heterocycles. The summed E-state index contributed by atoms with van der Waals surface area (Å²) >= 11 is 0. The summed E-state index contributed by atoms with van der Waals surface area (Å²) in [4.78, 5) is 25.7. The van der Waals surface area contributed by atoms with E-state index in [1.165, 1.54) is 12.1 Å². The Morgan fingerprint density at radius 2 is 1.62 bits per heavy atom. The fraction of sp³-hybridized carbons (Fsp3) is 0.278. The van der Waals surface area contributed by atoms with Crippen LogP contribution in [-0.2, 0) is 4.79 Å². The lowest BCUT2D eigenvalue weighted by molar-refractivity contribution is -0.385. The quantitative estimate of drug-likeness (QED) is 0.691. The van der Waals surface area contributed by atoms with Crippen LogP contribution in [0.25, 0.3) is 0 Å². The summed E-state index contributed by atoms with van der Waals surface area (Å²) in [6, 6.07) is 12.7. The summed E-state index contributed by atoms with van der Waals surface area (Å²) in [7, 11) is 0. The van der Waals surface area contributed by atoms with Crippen LogP contribution < -0.4 is 0 Å². The zero-order valence-electron chi connectivity index (χ0n) is 13.1. The molecule has 0 bridgehead atoms. The number of benzene rings is 2. The lowest BCUT2D eigenvalue weighted by atomic mass is 9.88. The maximum atomic E-state index is 13.1. The maximum absolute atomic E-state index is 13.1. The highest BCUT2D eigenvalue weighted by Crippen LogP contribution is 2.37. The van der Waals surface area contributed by atoms with Crippen LogP contribution in [0, 0.1) is 10.1 Å². The Bertz CT molecular complexity index is 769. The number of nitro groups is 1. The number of rotatable bonds is 4. The molecule has 124 valence electrons. The van der Waals surface area contributed by atoms with Gasteiger partial charge in [0.1, 0.15) is 5.75 Å². The smallest absolute Gasteiger partial charge is 0.273 e. The third-order valence-electron chi connectivity index (χ3n) is 4.36. The first kappa shape index (κ1) is 16.0. The lowest BCUT2D eigenvalue weighted by Crippen LogP contribution is -2.33. The monoisotopic (exact) mass is 326 g/mol. The molecule has 1 saturated heterocycles. The highest BCUT2D eigenvalue weighted by Gasteiger charge is 2.34. The maximum Gasteiger partial charge on any atom is 0.273 e. The van der Waals surface area contributed by atoms with E-state index in [-0.39, 0.29) is 17.3 Å². The molecular weight excluding hydrogens is 308 g/mol. The lowest BCUT2D eigenvalue weighted by Gasteiger charge is -2.24. The van der Waals surface area contributed by atoms with Crippen molar-refractivity contribution in [3.8, 4) is 5.75 Å². The second-order valence-corrected chi connectivity index (χ2v) is 5.84. The van der Waals surface area contributed by atoms with E-state index in [1.54, 1.807) is 41.3 Å². The number of nitro benzene ring substituents is 1. The van der Waals surface area contributed by atoms with Crippen LogP contribution in [-0.4, -0.2) is 33.9 Å². The Kier molecular flexibility index (Phi) is 4.46. The van der Waals surface area contributed by atoms with Crippen molar-refractivity contribution in [1.82, 2.24) is 4.90 Å². The summed E-state index contributed by atoms with van der Waals surface area (Å²) in [5.41, 5.74) is 0.586. The summed E-state index contributed by atoms with van der Waals surface area (Å²) in [6.07, 6.45) is 1.85. The second kappa shape index (κ2) is 6.70. The molecule has 1 N–H and O–H groups in total. The van der Waals surface area contributed by atoms with Crippen LogP contribution in [0.5, 0.6) is 5.75 Å². The number of amides is 1. The Hall–Kier alpha value is -2.89. The van der Waals surface area contributed by atoms with Gasteiger partial charge in [0, 0.05) is 30.3 Å². The van der Waals surface area contributed by atoms with Crippen LogP contribution in [0.3, 0.4) is 0 Å². The molecule has 0 aliphatic carbocycles. The number of phenolic OH excluding ortho intramolecular Hbond substituents is 1. The molecule has 2 aromatic carbocycles. The Morgan fingerprint density at radius 1 is 1.04 bits per heavy atom. The minimum absolute atomic E-state index is 0.0341. The number of likely N-dealkylation sites (tertiary alicyclic amines) is 1. The predicted molar refractivity (Wildman–Crippen MR) is 88.9 cm³/mol. The van der Waals surface area contributed by atoms with E-state index in [4.69, 9.17) is 0 Å². The van der Waals surface area contributed by atoms with Crippen molar-refractivity contribution in [2.24, 2.45) is 0 Å². The van der Waals surface area contributed by atoms with E-state index in [1.807, 2.05) is 0 Å². The van der Waals surface area contributed by atoms with E-state index < -0.39 is 10.8 Å². The number of carbonyl (C=O) groups excluding carboxylic acids is 1. The van der Waals surface area contributed by atoms with Gasteiger partial charge in [0.15, 0.2) is 0 Å². The summed E-state index contributed by atoms with van der Waals surface area (Å²) in [5.74, 6) is -1.12. The van der Waals surface area contributed by atoms with Gasteiger partial charge >= 0.3 is 0 Å². The highest BCUT2D eigenvalue weighted by molar-refractivity contribution is 5.89. The normalized spacial score (nSPS) is 15.2. The van der Waals surface area contributed by atoms with E-state index >= 15 is 0 Å². The van der Waals surface area contributed by atoms with Crippen molar-refractivity contribution in [3.63, 3.8) is 0 Å². The second-order valence-electron chi connectivity index (χ2n) is 5.84. The zero-order valence-corrected chi connectivity index (χ0v) is 13.1. The summed E-state index contributed by atoms with van der Waals surface area (Å²) in [5, 5.41) is 21.6. The van der Waals surface area contributed by atoms with Crippen LogP contribution in [0.15, 0.2) is 48.5 Å². The fourth-order valence-electron chi connectivity index (χ4n) is 3.18. The molecule has 0 saturated carbocycles. The van der Waals surface area contributed by atoms with Gasteiger partial charge in [0.2, 0.25) is 5.91 Å². The molecule has 0 radical (unpaired) electrons. The third-order valence-corrected chi connectivity index (χ3v) is 4.36. The number of aromatic hydroxyl groups is 1. The molecule has 1 atom stereocenters. The van der Waals surface area contributed by atoms with Crippen LogP contribution >= 0.6 is 0 Å². The van der Waals surface area contributed by atoms with Gasteiger partial charge in [-0.15, -0.1) is 0 Å². The number of phenols is 1. The van der Waals surface area contributed by atoms with Crippen molar-refractivity contribution >= 4 is 11.6 Å². The highest BCUT2D eigenvalue weighted by atomic mass is 16.6. The molecule has 1 fully saturated rings. The molecular formula is C18H18N2O4. The average Bonchev–Trinajstić information content (AvgIpc) is 3.11. The fourth-order valence-corrected chi connectivity index (χ4v) is 3.18. The topological polar surface area (TPSA) is 83.7 Å². The first-order valence-corrected chi connectivity index (χ1v) is 7.89. The molecule has 24 heavy (non-hydrogen) atoms. The molecule has 1 unspecified atom stereocenters. The van der Waals surface area contributed by atoms with Crippen molar-refractivity contribution in [2.75, 3.05) is 13.1 Å². The molecule has 2 aromatic rings. The van der Waals surface area contributed by atoms with Gasteiger partial charge < -0.3 is 10.0 Å². The SMILES string of the molecule is O=C(C(c1ccccc1O)c1ccccc1[N+](=O)[O-])N1CCCC1. The van der Waals surface area contributed by atoms with E-state index in [9.17, 15) is 20.0 Å². The van der Waals surface area contributed by atoms with Crippen LogP contribution in [0.1, 0.15) is 29.9 Å². The number of hydrogen-bond acceptors (Lipinski definition) is 4. The number of para-hydroxylation sites is 2. The Labute approximate surface area is 139 Å². The van der Waals surface area contributed by atoms with Crippen LogP contribution in [0.4, 0.5) is 5.69 Å². The standard InChI is InChI=1S/C18H18N2O4/c21-16-10-4-2-8-14(16)17(18(22)19-11-5-6-12-19)13-7-1-3-9-15(13)20(23)24/h1-4,7-10,17,21H,5-6,11-12H2. The van der Waals surface area contributed by atoms with Crippen LogP contribution in [0.2, 0.25) is 0 Å². The van der Waals surface area contributed by atoms with Gasteiger partial charge in [-0.1, -0.05) is 36.4 Å². The van der Waals surface area contributed by atoms with Crippen molar-refractivity contribution in [2.45, 2.75) is 18.8 Å². The molecule has 6 nitrogen and oxygen atoms in total. The molecule has 0 spiro atoms. The largest absolute Gasteiger partial charge is 0.508 e. The van der Waals surface area contributed by atoms with Crippen molar-refractivity contribution in [1.29, 1.82) is 0 Å². The summed E-state index contributed by atoms with van der Waals surface area (Å²) in [6.45, 7) is 1.28. The number of carbonyl (C=O) groups is 1. The van der Waals surface area contributed by atoms with Gasteiger partial charge in [-0.05, 0) is 18.9 Å². The van der Waals surface area contributed by atoms with E-state index in [0.29, 0.717) is 24.2 Å². The van der Waals surface area contributed by atoms with Gasteiger partial charge in [-0.25, -0.2) is 0 Å². The average molecular weight is 326 g/mol. The molecule has 1 aliphatic rings. The minimum atomic E-state index is -0.883. The zero-order chi connectivity index (χ0) is 17.1. The molecule has 1 heterocycles. The molecule has 0 aromatic heterocycles. The van der Waals surface area contributed by atoms with Crippen molar-refractivity contribution in [3.05, 3.63) is 69.8 Å². The Morgan fingerprint density at radius 3 is 2.25 bits per heavy atom. The Balaban J connectivity index is 2.14. The molecule has 1 amide bonds. The molecule has 3 rings (SSSR count). The van der Waals surface area contributed by atoms with Gasteiger partial charge in [-0.2, -0.15) is 0 Å². The predicted octanol–water partition coefficient (Wildman–Crippen LogP) is 3.05. The third kappa shape index (κ3) is 2.95. The summed E-state index contributed by atoms with van der Waals surface area (Å²) < 4.78 is 0. The number of hydrogen-bond donors (Lipinski definition) is 1. The van der Waals surface area contributed by atoms with Gasteiger partial charge in [0.05, 0.1) is 10.8 Å². The van der Waals surface area contributed by atoms with Crippen molar-refractivity contribution < 1.29 is 14.8 Å². The van der Waals surface area contributed by atoms with Gasteiger partial charge in [-0.3, -0.25) is 14.9 Å². The van der Waals surface area contributed by atoms with Gasteiger partial charge in [0.25, 0.3) is 5.69 Å². The first-order chi connectivity index (χ1) is 11.6. The van der Waals surface area contributed by atoms with E-state index in [0.717, 1.165) is 12.8 Å².